The number of halogens is 2. The summed E-state index contributed by atoms with van der Waals surface area (Å²) >= 11 is 6.78. The fourth-order valence-corrected chi connectivity index (χ4v) is 6.13. The maximum atomic E-state index is 12.2. The summed E-state index contributed by atoms with van der Waals surface area (Å²) in [6.07, 6.45) is 6.78. The van der Waals surface area contributed by atoms with Gasteiger partial charge in [-0.1, -0.05) is 44.0 Å². The fourth-order valence-electron chi connectivity index (χ4n) is 5.60. The van der Waals surface area contributed by atoms with Gasteiger partial charge in [0.25, 0.3) is 0 Å². The molecule has 0 aliphatic carbocycles. The Morgan fingerprint density at radius 2 is 1.32 bits per heavy atom. The second-order valence-electron chi connectivity index (χ2n) is 11.5. The van der Waals surface area contributed by atoms with Gasteiger partial charge in [-0.05, 0) is 80.5 Å². The molecule has 0 radical (unpaired) electrons. The molecule has 11 heteroatoms. The molecule has 2 aromatic carbocycles. The van der Waals surface area contributed by atoms with Crippen LogP contribution in [0.3, 0.4) is 0 Å². The Balaban J connectivity index is 0.000000255. The van der Waals surface area contributed by atoms with Gasteiger partial charge >= 0.3 is 57.4 Å². The third-order valence-electron chi connectivity index (χ3n) is 8.27. The summed E-state index contributed by atoms with van der Waals surface area (Å²) in [6.45, 7) is 5.56. The van der Waals surface area contributed by atoms with Crippen LogP contribution in [0.5, 0.6) is 0 Å². The number of hydrogen-bond acceptors (Lipinski definition) is 6. The molecule has 8 nitrogen and oxygen atoms in total. The monoisotopic (exact) mass is 762 g/mol. The number of Topliss-reactive ketones (excluding diaryl/α,β-unsaturated/α-hetero) is 1. The van der Waals surface area contributed by atoms with Crippen molar-refractivity contribution in [2.75, 3.05) is 57.7 Å². The van der Waals surface area contributed by atoms with E-state index in [1.807, 2.05) is 53.4 Å². The zero-order valence-electron chi connectivity index (χ0n) is 26.1. The predicted octanol–water partition coefficient (Wildman–Crippen LogP) is 3.52. The van der Waals surface area contributed by atoms with Gasteiger partial charge in [0.2, 0.25) is 0 Å². The summed E-state index contributed by atoms with van der Waals surface area (Å²) in [5, 5.41) is 12.7. The van der Waals surface area contributed by atoms with E-state index >= 15 is 0 Å². The summed E-state index contributed by atoms with van der Waals surface area (Å²) in [7, 11) is 0. The summed E-state index contributed by atoms with van der Waals surface area (Å²) in [4.78, 5) is 26.1. The van der Waals surface area contributed by atoms with Crippen molar-refractivity contribution >= 4 is 49.4 Å². The van der Waals surface area contributed by atoms with E-state index in [2.05, 4.69) is 37.2 Å². The Labute approximate surface area is 322 Å². The molecule has 2 N–H and O–H groups in total. The molecule has 0 aromatic heterocycles. The van der Waals surface area contributed by atoms with Crippen LogP contribution in [-0.4, -0.2) is 75.3 Å². The number of hydrogen-bond donors (Lipinski definition) is 2. The van der Waals surface area contributed by atoms with E-state index in [4.69, 9.17) is 14.2 Å². The number of nitrogens with one attached hydrogen (secondary N) is 1. The Kier molecular flexibility index (Phi) is 18.4. The van der Waals surface area contributed by atoms with Gasteiger partial charge in [0.05, 0.1) is 12.1 Å². The van der Waals surface area contributed by atoms with Gasteiger partial charge in [0.1, 0.15) is 5.78 Å². The maximum Gasteiger partial charge on any atom is 1.00 e. The van der Waals surface area contributed by atoms with Crippen LogP contribution in [0.1, 0.15) is 50.5 Å². The quantitative estimate of drug-likeness (QED) is 0.346. The van der Waals surface area contributed by atoms with Crippen molar-refractivity contribution in [3.8, 4) is 0 Å². The number of ether oxygens (including phenoxy) is 3. The van der Waals surface area contributed by atoms with E-state index in [1.165, 1.54) is 12.8 Å². The van der Waals surface area contributed by atoms with E-state index in [-0.39, 0.29) is 88.2 Å². The van der Waals surface area contributed by atoms with Gasteiger partial charge in [-0.15, -0.1) is 0 Å². The molecule has 4 heterocycles. The summed E-state index contributed by atoms with van der Waals surface area (Å²) in [5.41, 5.74) is 1.61. The van der Waals surface area contributed by atoms with Crippen LogP contribution in [0.15, 0.2) is 57.5 Å². The minimum Gasteiger partial charge on any atom is -0.396 e. The normalized spacial score (nSPS) is 19.7. The second kappa shape index (κ2) is 20.2. The predicted molar refractivity (Wildman–Crippen MR) is 176 cm³/mol. The first-order valence-corrected chi connectivity index (χ1v) is 16.4. The zero-order valence-corrected chi connectivity index (χ0v) is 32.4. The van der Waals surface area contributed by atoms with Gasteiger partial charge in [-0.2, -0.15) is 0 Å². The first-order chi connectivity index (χ1) is 20.3. The molecular weight excluding hydrogens is 719 g/mol. The third-order valence-corrected chi connectivity index (χ3v) is 9.33. The topological polar surface area (TPSA) is 97.3 Å². The van der Waals surface area contributed by atoms with Gasteiger partial charge in [0, 0.05) is 79.1 Å². The van der Waals surface area contributed by atoms with E-state index in [9.17, 15) is 14.7 Å². The molecule has 238 valence electrons. The molecule has 6 rings (SSSR count). The minimum atomic E-state index is -0.259. The van der Waals surface area contributed by atoms with Crippen molar-refractivity contribution in [3.63, 3.8) is 0 Å². The van der Waals surface area contributed by atoms with Crippen LogP contribution in [0.25, 0.3) is 0 Å². The maximum absolute atomic E-state index is 12.2. The van der Waals surface area contributed by atoms with Crippen LogP contribution in [0, 0.1) is 12.8 Å². The molecule has 0 atom stereocenters. The summed E-state index contributed by atoms with van der Waals surface area (Å²) in [6, 6.07) is 15.6. The fraction of sp³-hybridized carbons (Fsp3) is 0.545. The molecule has 44 heavy (non-hydrogen) atoms. The van der Waals surface area contributed by atoms with Gasteiger partial charge in [0.15, 0.2) is 0 Å². The van der Waals surface area contributed by atoms with E-state index < -0.39 is 0 Å². The van der Waals surface area contributed by atoms with Gasteiger partial charge < -0.3 is 32.1 Å². The van der Waals surface area contributed by atoms with E-state index in [1.54, 1.807) is 0 Å². The molecule has 4 aliphatic rings. The van der Waals surface area contributed by atoms with Crippen molar-refractivity contribution in [2.24, 2.45) is 5.41 Å². The minimum absolute atomic E-state index is 0. The number of amides is 2. The standard InChI is InChI=1S/C15H19BrO3.C13H15BrN2O2.C4H8O.CH3.K/c16-13-3-1-12(2-4-13)9-14(18)10-15(11-17)5-7-19-8-6-15;14-10-1-3-11(4-2-10)16-9-13(15-12(16)17)5-7-18-8-6-13;1-2-4-5-3-1;;/h1-4,17H,5-11H2;1-4H,5-9H2,(H,15,17);1-4H2;1H3;/q;;;-1;+1. The van der Waals surface area contributed by atoms with Crippen LogP contribution in [0.2, 0.25) is 0 Å². The van der Waals surface area contributed by atoms with Crippen LogP contribution in [0.4, 0.5) is 10.5 Å². The summed E-state index contributed by atoms with van der Waals surface area (Å²) in [5.74, 6) is 0.193. The molecule has 1 spiro atoms. The third kappa shape index (κ3) is 12.4. The molecule has 0 saturated carbocycles. The number of aliphatic hydroxyl groups is 1. The number of rotatable bonds is 6. The molecule has 4 saturated heterocycles. The number of urea groups is 1. The Hall–Kier alpha value is -0.184. The smallest absolute Gasteiger partial charge is 0.396 e. The van der Waals surface area contributed by atoms with Crippen LogP contribution >= 0.6 is 31.9 Å². The zero-order chi connectivity index (χ0) is 29.8. The Morgan fingerprint density at radius 1 is 0.818 bits per heavy atom. The SMILES string of the molecule is C1CCOC1.O=C(Cc1ccc(Br)cc1)CC1(CO)CCOCC1.O=C1NC2(CCOCC2)CN1c1ccc(Br)cc1.[CH3-].[K+]. The van der Waals surface area contributed by atoms with Crippen molar-refractivity contribution in [2.45, 2.75) is 56.9 Å². The molecule has 2 aromatic rings. The molecule has 4 fully saturated rings. The van der Waals surface area contributed by atoms with Crippen LogP contribution in [-0.2, 0) is 25.4 Å². The first kappa shape index (κ1) is 40.0. The Morgan fingerprint density at radius 3 is 1.82 bits per heavy atom. The van der Waals surface area contributed by atoms with Crippen molar-refractivity contribution in [3.05, 3.63) is 70.5 Å². The number of anilines is 1. The van der Waals surface area contributed by atoms with Gasteiger partial charge in [-0.3, -0.25) is 9.69 Å². The van der Waals surface area contributed by atoms with Crippen molar-refractivity contribution < 1.29 is 80.3 Å². The number of ketones is 1. The average Bonchev–Trinajstić information content (AvgIpc) is 3.68. The summed E-state index contributed by atoms with van der Waals surface area (Å²) < 4.78 is 17.7. The molecule has 0 bridgehead atoms. The van der Waals surface area contributed by atoms with Crippen LogP contribution < -0.4 is 61.6 Å². The number of benzene rings is 2. The number of aliphatic hydroxyl groups excluding tert-OH is 1. The second-order valence-corrected chi connectivity index (χ2v) is 13.3. The molecule has 4 aliphatic heterocycles. The number of nitrogens with zero attached hydrogens (tertiary/aromatic N) is 1. The number of carbonyl (C=O) groups is 2. The number of carbonyl (C=O) groups excluding carboxylic acids is 2. The van der Waals surface area contributed by atoms with E-state index in [0.717, 1.165) is 78.9 Å². The van der Waals surface area contributed by atoms with Crippen molar-refractivity contribution in [1.82, 2.24) is 5.32 Å². The first-order valence-electron chi connectivity index (χ1n) is 14.8. The largest absolute Gasteiger partial charge is 1.00 e. The molecule has 2 amide bonds. The van der Waals surface area contributed by atoms with E-state index in [0.29, 0.717) is 26.1 Å². The Bertz CT molecular complexity index is 1130. The van der Waals surface area contributed by atoms with Gasteiger partial charge in [-0.25, -0.2) is 4.79 Å². The molecule has 0 unspecified atom stereocenters. The average molecular weight is 765 g/mol. The van der Waals surface area contributed by atoms with Crippen molar-refractivity contribution in [1.29, 1.82) is 0 Å². The molecular formula is C33H45Br2KN2O6.